The number of hydrogen-bond acceptors (Lipinski definition) is 4. The topological polar surface area (TPSA) is 70.1 Å². The van der Waals surface area contributed by atoms with E-state index in [1.165, 1.54) is 25.1 Å². The first-order chi connectivity index (χ1) is 15.0. The lowest BCUT2D eigenvalue weighted by Crippen LogP contribution is -2.40. The van der Waals surface area contributed by atoms with Gasteiger partial charge in [0.15, 0.2) is 0 Å². The van der Waals surface area contributed by atoms with E-state index in [1.54, 1.807) is 0 Å². The molecule has 0 saturated carbocycles. The van der Waals surface area contributed by atoms with E-state index in [0.29, 0.717) is 26.1 Å². The van der Waals surface area contributed by atoms with Crippen LogP contribution in [0.2, 0.25) is 10.0 Å². The second kappa shape index (κ2) is 9.71. The van der Waals surface area contributed by atoms with Crippen molar-refractivity contribution in [2.45, 2.75) is 58.2 Å². The molecule has 1 aliphatic heterocycles. The molecule has 0 aliphatic carbocycles. The molecule has 3 rings (SSSR count). The minimum atomic E-state index is -4.87. The third-order valence-corrected chi connectivity index (χ3v) is 6.90. The van der Waals surface area contributed by atoms with Gasteiger partial charge in [-0.1, -0.05) is 42.6 Å². The number of halogens is 5. The van der Waals surface area contributed by atoms with Crippen molar-refractivity contribution >= 4 is 23.2 Å². The van der Waals surface area contributed by atoms with E-state index in [4.69, 9.17) is 33.7 Å². The van der Waals surface area contributed by atoms with Gasteiger partial charge in [-0.25, -0.2) is 4.98 Å². The molecule has 2 aromatic rings. The molecular formula is C22H26Cl2F3N3O2. The summed E-state index contributed by atoms with van der Waals surface area (Å²) in [7, 11) is 0. The van der Waals surface area contributed by atoms with Gasteiger partial charge >= 0.3 is 6.18 Å². The molecule has 2 atom stereocenters. The normalized spacial score (nSPS) is 21.3. The third kappa shape index (κ3) is 4.83. The summed E-state index contributed by atoms with van der Waals surface area (Å²) in [5.74, 6) is 0.103. The molecule has 176 valence electrons. The molecular weight excluding hydrogens is 466 g/mol. The summed E-state index contributed by atoms with van der Waals surface area (Å²) in [6.45, 7) is 4.46. The first-order valence-corrected chi connectivity index (χ1v) is 11.2. The van der Waals surface area contributed by atoms with E-state index in [1.807, 2.05) is 6.92 Å². The average molecular weight is 492 g/mol. The van der Waals surface area contributed by atoms with Crippen LogP contribution < -0.4 is 11.3 Å². The molecule has 10 heteroatoms. The van der Waals surface area contributed by atoms with Crippen LogP contribution in [0.1, 0.15) is 49.7 Å². The fourth-order valence-corrected chi connectivity index (χ4v) is 4.90. The van der Waals surface area contributed by atoms with Crippen LogP contribution >= 0.6 is 23.2 Å². The smallest absolute Gasteiger partial charge is 0.379 e. The summed E-state index contributed by atoms with van der Waals surface area (Å²) in [5, 5.41) is 0.114. The van der Waals surface area contributed by atoms with Crippen molar-refractivity contribution in [1.82, 2.24) is 9.55 Å². The number of hydrogen-bond donors (Lipinski definition) is 1. The lowest BCUT2D eigenvalue weighted by molar-refractivity contribution is -0.139. The Morgan fingerprint density at radius 1 is 1.31 bits per heavy atom. The van der Waals surface area contributed by atoms with Gasteiger partial charge in [0.1, 0.15) is 11.4 Å². The standard InChI is InChI=1S/C22H26Cl2F3N3O2/c1-3-9-21(12-32-11-17(21)28)10-5-7-15-18(22(25,26)27)20(31)30(13(2)29-15)16-8-4-6-14(23)19(16)24/h4,6,8,17H,3,5,7,9-12,28H2,1-2H3/t17-,21?/m1/s1. The molecule has 1 aromatic carbocycles. The third-order valence-electron chi connectivity index (χ3n) is 6.09. The fourth-order valence-electron chi connectivity index (χ4n) is 4.52. The number of rotatable bonds is 7. The van der Waals surface area contributed by atoms with E-state index >= 15 is 0 Å². The number of aromatic nitrogens is 2. The lowest BCUT2D eigenvalue weighted by Gasteiger charge is -2.31. The van der Waals surface area contributed by atoms with Gasteiger partial charge in [-0.2, -0.15) is 13.2 Å². The van der Waals surface area contributed by atoms with Crippen LogP contribution in [0.15, 0.2) is 23.0 Å². The highest BCUT2D eigenvalue weighted by molar-refractivity contribution is 6.43. The van der Waals surface area contributed by atoms with Crippen molar-refractivity contribution in [2.75, 3.05) is 13.2 Å². The van der Waals surface area contributed by atoms with Crippen LogP contribution in [0.25, 0.3) is 5.69 Å². The Bertz CT molecular complexity index is 1040. The Balaban J connectivity index is 1.99. The van der Waals surface area contributed by atoms with Gasteiger partial charge in [-0.05, 0) is 44.7 Å². The zero-order valence-corrected chi connectivity index (χ0v) is 19.4. The number of benzene rings is 1. The number of aryl methyl sites for hydroxylation is 2. The number of nitrogens with zero attached hydrogens (tertiary/aromatic N) is 2. The minimum absolute atomic E-state index is 0.00717. The van der Waals surface area contributed by atoms with Crippen molar-refractivity contribution in [3.63, 3.8) is 0 Å². The largest absolute Gasteiger partial charge is 0.423 e. The van der Waals surface area contributed by atoms with Crippen LogP contribution in [-0.2, 0) is 17.3 Å². The predicted molar refractivity (Wildman–Crippen MR) is 119 cm³/mol. The molecule has 1 aliphatic rings. The second-order valence-corrected chi connectivity index (χ2v) is 9.06. The van der Waals surface area contributed by atoms with E-state index in [2.05, 4.69) is 4.98 Å². The van der Waals surface area contributed by atoms with Crippen molar-refractivity contribution < 1.29 is 17.9 Å². The minimum Gasteiger partial charge on any atom is -0.379 e. The summed E-state index contributed by atoms with van der Waals surface area (Å²) in [6.07, 6.45) is -2.11. The average Bonchev–Trinajstić information content (AvgIpc) is 3.04. The summed E-state index contributed by atoms with van der Waals surface area (Å²) < 4.78 is 48.2. The molecule has 0 bridgehead atoms. The summed E-state index contributed by atoms with van der Waals surface area (Å²) >= 11 is 12.2. The maximum atomic E-state index is 14.0. The molecule has 2 N–H and O–H groups in total. The Morgan fingerprint density at radius 3 is 2.62 bits per heavy atom. The molecule has 5 nitrogen and oxygen atoms in total. The van der Waals surface area contributed by atoms with Crippen molar-refractivity contribution in [1.29, 1.82) is 0 Å². The monoisotopic (exact) mass is 491 g/mol. The highest BCUT2D eigenvalue weighted by Crippen LogP contribution is 2.38. The molecule has 1 aromatic heterocycles. The summed E-state index contributed by atoms with van der Waals surface area (Å²) in [6, 6.07) is 4.28. The molecule has 0 radical (unpaired) electrons. The maximum absolute atomic E-state index is 14.0. The zero-order chi connectivity index (χ0) is 23.7. The molecule has 1 unspecified atom stereocenters. The number of alkyl halides is 3. The van der Waals surface area contributed by atoms with Crippen LogP contribution in [0.5, 0.6) is 0 Å². The molecule has 1 fully saturated rings. The Hall–Kier alpha value is -1.61. The first kappa shape index (κ1) is 25.0. The highest BCUT2D eigenvalue weighted by Gasteiger charge is 2.42. The fraction of sp³-hybridized carbons (Fsp3) is 0.545. The Labute approximate surface area is 194 Å². The second-order valence-electron chi connectivity index (χ2n) is 8.28. The van der Waals surface area contributed by atoms with Crippen molar-refractivity contribution in [3.8, 4) is 5.69 Å². The van der Waals surface area contributed by atoms with E-state index < -0.39 is 17.3 Å². The Kier molecular flexibility index (Phi) is 7.59. The SMILES string of the molecule is CCCC1(CCCc2nc(C)n(-c3cccc(Cl)c3Cl)c(=O)c2C(F)(F)F)COC[C@H]1N. The molecule has 1 saturated heterocycles. The van der Waals surface area contributed by atoms with Crippen LogP contribution in [0, 0.1) is 12.3 Å². The summed E-state index contributed by atoms with van der Waals surface area (Å²) in [5.41, 5.74) is 3.27. The molecule has 0 amide bonds. The van der Waals surface area contributed by atoms with Crippen molar-refractivity contribution in [3.05, 3.63) is 55.7 Å². The highest BCUT2D eigenvalue weighted by atomic mass is 35.5. The van der Waals surface area contributed by atoms with Gasteiger partial charge in [0, 0.05) is 11.5 Å². The lowest BCUT2D eigenvalue weighted by atomic mass is 9.75. The van der Waals surface area contributed by atoms with Gasteiger partial charge < -0.3 is 10.5 Å². The van der Waals surface area contributed by atoms with Gasteiger partial charge in [-0.15, -0.1) is 0 Å². The number of nitrogens with two attached hydrogens (primary N) is 1. The van der Waals surface area contributed by atoms with E-state index in [0.717, 1.165) is 17.4 Å². The molecule has 0 spiro atoms. The van der Waals surface area contributed by atoms with Gasteiger partial charge in [-0.3, -0.25) is 9.36 Å². The van der Waals surface area contributed by atoms with Crippen molar-refractivity contribution in [2.24, 2.45) is 11.1 Å². The summed E-state index contributed by atoms with van der Waals surface area (Å²) in [4.78, 5) is 17.2. The van der Waals surface area contributed by atoms with E-state index in [-0.39, 0.29) is 45.1 Å². The number of ether oxygens (including phenoxy) is 1. The van der Waals surface area contributed by atoms with Gasteiger partial charge in [0.25, 0.3) is 5.56 Å². The molecule has 32 heavy (non-hydrogen) atoms. The first-order valence-electron chi connectivity index (χ1n) is 10.5. The van der Waals surface area contributed by atoms with Crippen LogP contribution in [0.4, 0.5) is 13.2 Å². The van der Waals surface area contributed by atoms with Gasteiger partial charge in [0.05, 0.1) is 34.6 Å². The zero-order valence-electron chi connectivity index (χ0n) is 17.9. The molecule has 2 heterocycles. The predicted octanol–water partition coefficient (Wildman–Crippen LogP) is 5.33. The Morgan fingerprint density at radius 2 is 2.03 bits per heavy atom. The van der Waals surface area contributed by atoms with Crippen LogP contribution in [-0.4, -0.2) is 28.8 Å². The van der Waals surface area contributed by atoms with Gasteiger partial charge in [0.2, 0.25) is 0 Å². The maximum Gasteiger partial charge on any atom is 0.423 e. The quantitative estimate of drug-likeness (QED) is 0.567. The van der Waals surface area contributed by atoms with E-state index in [9.17, 15) is 18.0 Å². The van der Waals surface area contributed by atoms with Crippen LogP contribution in [0.3, 0.4) is 0 Å².